The van der Waals surface area contributed by atoms with Gasteiger partial charge in [-0.15, -0.1) is 0 Å². The number of benzene rings is 1. The summed E-state index contributed by atoms with van der Waals surface area (Å²) in [7, 11) is 1.27. The number of carbonyl (C=O) groups is 2. The first kappa shape index (κ1) is 13.5. The lowest BCUT2D eigenvalue weighted by atomic mass is 10.2. The third-order valence-corrected chi connectivity index (χ3v) is 2.83. The lowest BCUT2D eigenvalue weighted by Gasteiger charge is -2.12. The third-order valence-electron chi connectivity index (χ3n) is 2.14. The van der Waals surface area contributed by atoms with Gasteiger partial charge in [-0.25, -0.2) is 4.79 Å². The standard InChI is InChI=1S/C11H13BrN2O3/c1-6(11(16)17-2)14-10(15)8-5-7(13)3-4-9(8)12/h3-6H,13H2,1-2H3,(H,14,15). The topological polar surface area (TPSA) is 81.4 Å². The Kier molecular flexibility index (Phi) is 4.51. The Labute approximate surface area is 107 Å². The van der Waals surface area contributed by atoms with E-state index in [0.717, 1.165) is 0 Å². The average molecular weight is 301 g/mol. The second kappa shape index (κ2) is 5.67. The molecule has 0 spiro atoms. The summed E-state index contributed by atoms with van der Waals surface area (Å²) in [6.07, 6.45) is 0. The summed E-state index contributed by atoms with van der Waals surface area (Å²) < 4.78 is 5.12. The molecule has 0 saturated heterocycles. The summed E-state index contributed by atoms with van der Waals surface area (Å²) in [6, 6.07) is 4.17. The molecule has 0 saturated carbocycles. The number of esters is 1. The summed E-state index contributed by atoms with van der Waals surface area (Å²) in [5.74, 6) is -0.888. The molecular weight excluding hydrogens is 288 g/mol. The van der Waals surface area contributed by atoms with Crippen molar-refractivity contribution in [1.82, 2.24) is 5.32 Å². The molecule has 0 heterocycles. The highest BCUT2D eigenvalue weighted by Crippen LogP contribution is 2.19. The second-order valence-electron chi connectivity index (χ2n) is 3.46. The van der Waals surface area contributed by atoms with Gasteiger partial charge in [-0.2, -0.15) is 0 Å². The molecule has 1 amide bonds. The van der Waals surface area contributed by atoms with Crippen molar-refractivity contribution < 1.29 is 14.3 Å². The molecule has 0 aliphatic heterocycles. The summed E-state index contributed by atoms with van der Waals surface area (Å²) in [5.41, 5.74) is 6.44. The molecule has 3 N–H and O–H groups in total. The molecule has 17 heavy (non-hydrogen) atoms. The Morgan fingerprint density at radius 3 is 2.71 bits per heavy atom. The zero-order valence-corrected chi connectivity index (χ0v) is 11.1. The maximum atomic E-state index is 11.8. The van der Waals surface area contributed by atoms with Crippen LogP contribution in [-0.2, 0) is 9.53 Å². The molecule has 1 atom stereocenters. The molecule has 0 aliphatic carbocycles. The summed E-state index contributed by atoms with van der Waals surface area (Å²) in [5, 5.41) is 2.52. The van der Waals surface area contributed by atoms with Crippen LogP contribution in [0.5, 0.6) is 0 Å². The largest absolute Gasteiger partial charge is 0.467 e. The molecule has 0 aromatic heterocycles. The number of halogens is 1. The lowest BCUT2D eigenvalue weighted by molar-refractivity contribution is -0.142. The minimum absolute atomic E-state index is 0.376. The van der Waals surface area contributed by atoms with E-state index < -0.39 is 12.0 Å². The number of methoxy groups -OCH3 is 1. The van der Waals surface area contributed by atoms with E-state index in [1.54, 1.807) is 19.1 Å². The van der Waals surface area contributed by atoms with E-state index in [1.807, 2.05) is 0 Å². The van der Waals surface area contributed by atoms with E-state index in [0.29, 0.717) is 15.7 Å². The van der Waals surface area contributed by atoms with E-state index in [4.69, 9.17) is 5.73 Å². The fourth-order valence-electron chi connectivity index (χ4n) is 1.23. The number of amides is 1. The second-order valence-corrected chi connectivity index (χ2v) is 4.31. The predicted molar refractivity (Wildman–Crippen MR) is 67.5 cm³/mol. The minimum atomic E-state index is -0.708. The maximum Gasteiger partial charge on any atom is 0.328 e. The monoisotopic (exact) mass is 300 g/mol. The van der Waals surface area contributed by atoms with Gasteiger partial charge in [0, 0.05) is 10.2 Å². The molecule has 1 aromatic carbocycles. The van der Waals surface area contributed by atoms with E-state index in [-0.39, 0.29) is 5.91 Å². The number of nitrogens with two attached hydrogens (primary N) is 1. The number of hydrogen-bond acceptors (Lipinski definition) is 4. The van der Waals surface area contributed by atoms with E-state index in [2.05, 4.69) is 26.0 Å². The Hall–Kier alpha value is -1.56. The average Bonchev–Trinajstić information content (AvgIpc) is 2.30. The van der Waals surface area contributed by atoms with Gasteiger partial charge in [-0.3, -0.25) is 4.79 Å². The van der Waals surface area contributed by atoms with Gasteiger partial charge in [0.2, 0.25) is 0 Å². The van der Waals surface area contributed by atoms with Gasteiger partial charge in [0.05, 0.1) is 12.7 Å². The van der Waals surface area contributed by atoms with Crippen molar-refractivity contribution in [2.75, 3.05) is 12.8 Å². The smallest absolute Gasteiger partial charge is 0.328 e. The fraction of sp³-hybridized carbons (Fsp3) is 0.273. The van der Waals surface area contributed by atoms with Crippen LogP contribution in [-0.4, -0.2) is 25.0 Å². The van der Waals surface area contributed by atoms with Crippen molar-refractivity contribution >= 4 is 33.5 Å². The Bertz CT molecular complexity index is 448. The molecule has 0 bridgehead atoms. The predicted octanol–water partition coefficient (Wildman–Crippen LogP) is 1.32. The molecule has 6 heteroatoms. The Morgan fingerprint density at radius 1 is 1.47 bits per heavy atom. The zero-order chi connectivity index (χ0) is 13.0. The van der Waals surface area contributed by atoms with Crippen molar-refractivity contribution in [3.63, 3.8) is 0 Å². The molecular formula is C11H13BrN2O3. The van der Waals surface area contributed by atoms with Crippen LogP contribution in [0.3, 0.4) is 0 Å². The number of rotatable bonds is 3. The lowest BCUT2D eigenvalue weighted by Crippen LogP contribution is -2.39. The van der Waals surface area contributed by atoms with Crippen LogP contribution in [0, 0.1) is 0 Å². The third kappa shape index (κ3) is 3.45. The summed E-state index contributed by atoms with van der Waals surface area (Å²) >= 11 is 3.24. The number of ether oxygens (including phenoxy) is 1. The van der Waals surface area contributed by atoms with Gasteiger partial charge in [0.15, 0.2) is 0 Å². The Morgan fingerprint density at radius 2 is 2.12 bits per heavy atom. The number of nitrogens with one attached hydrogen (secondary N) is 1. The fourth-order valence-corrected chi connectivity index (χ4v) is 1.65. The number of nitrogen functional groups attached to an aromatic ring is 1. The van der Waals surface area contributed by atoms with Crippen molar-refractivity contribution in [3.8, 4) is 0 Å². The van der Waals surface area contributed by atoms with Gasteiger partial charge in [-0.1, -0.05) is 0 Å². The number of carbonyl (C=O) groups excluding carboxylic acids is 2. The van der Waals surface area contributed by atoms with Crippen LogP contribution >= 0.6 is 15.9 Å². The molecule has 1 aromatic rings. The number of hydrogen-bond donors (Lipinski definition) is 2. The van der Waals surface area contributed by atoms with Gasteiger partial charge >= 0.3 is 5.97 Å². The van der Waals surface area contributed by atoms with Crippen LogP contribution < -0.4 is 11.1 Å². The number of anilines is 1. The first-order valence-electron chi connectivity index (χ1n) is 4.89. The molecule has 92 valence electrons. The van der Waals surface area contributed by atoms with Crippen molar-refractivity contribution in [2.24, 2.45) is 0 Å². The summed E-state index contributed by atoms with van der Waals surface area (Å²) in [6.45, 7) is 1.55. The van der Waals surface area contributed by atoms with Crippen LogP contribution in [0.15, 0.2) is 22.7 Å². The van der Waals surface area contributed by atoms with Crippen LogP contribution in [0.2, 0.25) is 0 Å². The van der Waals surface area contributed by atoms with E-state index in [9.17, 15) is 9.59 Å². The molecule has 1 rings (SSSR count). The van der Waals surface area contributed by atoms with Crippen LogP contribution in [0.4, 0.5) is 5.69 Å². The SMILES string of the molecule is COC(=O)C(C)NC(=O)c1cc(N)ccc1Br. The highest BCUT2D eigenvalue weighted by atomic mass is 79.9. The van der Waals surface area contributed by atoms with Crippen LogP contribution in [0.1, 0.15) is 17.3 Å². The minimum Gasteiger partial charge on any atom is -0.467 e. The molecule has 5 nitrogen and oxygen atoms in total. The van der Waals surface area contributed by atoms with Crippen molar-refractivity contribution in [2.45, 2.75) is 13.0 Å². The van der Waals surface area contributed by atoms with Gasteiger partial charge < -0.3 is 15.8 Å². The molecule has 1 unspecified atom stereocenters. The van der Waals surface area contributed by atoms with Gasteiger partial charge in [0.25, 0.3) is 5.91 Å². The van der Waals surface area contributed by atoms with Crippen LogP contribution in [0.25, 0.3) is 0 Å². The Balaban J connectivity index is 2.83. The first-order chi connectivity index (χ1) is 7.95. The maximum absolute atomic E-state index is 11.8. The van der Waals surface area contributed by atoms with E-state index >= 15 is 0 Å². The highest BCUT2D eigenvalue weighted by Gasteiger charge is 2.18. The van der Waals surface area contributed by atoms with E-state index in [1.165, 1.54) is 13.2 Å². The summed E-state index contributed by atoms with van der Waals surface area (Å²) in [4.78, 5) is 23.0. The molecule has 0 radical (unpaired) electrons. The quantitative estimate of drug-likeness (QED) is 0.652. The highest BCUT2D eigenvalue weighted by molar-refractivity contribution is 9.10. The van der Waals surface area contributed by atoms with Gasteiger partial charge in [0.1, 0.15) is 6.04 Å². The van der Waals surface area contributed by atoms with Gasteiger partial charge in [-0.05, 0) is 41.1 Å². The first-order valence-corrected chi connectivity index (χ1v) is 5.68. The zero-order valence-electron chi connectivity index (χ0n) is 9.49. The van der Waals surface area contributed by atoms with Crippen molar-refractivity contribution in [3.05, 3.63) is 28.2 Å². The molecule has 0 aliphatic rings. The molecule has 0 fully saturated rings. The normalized spacial score (nSPS) is 11.7. The van der Waals surface area contributed by atoms with Crippen molar-refractivity contribution in [1.29, 1.82) is 0 Å².